The number of azide groups is 1. The van der Waals surface area contributed by atoms with Gasteiger partial charge in [0.15, 0.2) is 0 Å². The number of carbonyl (C=O) groups is 1. The van der Waals surface area contributed by atoms with Gasteiger partial charge in [0.05, 0.1) is 0 Å². The fourth-order valence-corrected chi connectivity index (χ4v) is 2.03. The topological polar surface area (TPSA) is 98.1 Å². The Morgan fingerprint density at radius 2 is 2.47 bits per heavy atom. The number of nitrogens with one attached hydrogen (secondary N) is 1. The van der Waals surface area contributed by atoms with Gasteiger partial charge in [-0.1, -0.05) is 17.3 Å². The van der Waals surface area contributed by atoms with Crippen molar-refractivity contribution in [3.8, 4) is 0 Å². The Hall–Kier alpha value is -1.52. The van der Waals surface area contributed by atoms with Crippen LogP contribution < -0.4 is 5.32 Å². The molecular weight excluding hydrogens is 220 g/mol. The molecule has 0 aromatic heterocycles. The standard InChI is InChI=1S/C11H18N4O2/c12-15-14-8-4-7-13-10(11(16)17)9-5-2-1-3-6-9/h1-2,9-10,13H,3-8H2,(H,16,17). The average molecular weight is 238 g/mol. The summed E-state index contributed by atoms with van der Waals surface area (Å²) in [6, 6.07) is -0.494. The minimum Gasteiger partial charge on any atom is -0.480 e. The molecule has 0 heterocycles. The van der Waals surface area contributed by atoms with Crippen LogP contribution in [-0.4, -0.2) is 30.2 Å². The number of hydrogen-bond acceptors (Lipinski definition) is 3. The number of aliphatic carboxylic acids is 1. The van der Waals surface area contributed by atoms with E-state index in [1.165, 1.54) is 0 Å². The van der Waals surface area contributed by atoms with Crippen molar-refractivity contribution in [3.63, 3.8) is 0 Å². The van der Waals surface area contributed by atoms with Gasteiger partial charge in [-0.2, -0.15) is 0 Å². The van der Waals surface area contributed by atoms with E-state index in [1.54, 1.807) is 0 Å². The first kappa shape index (κ1) is 13.5. The van der Waals surface area contributed by atoms with Gasteiger partial charge in [-0.3, -0.25) is 4.79 Å². The second-order valence-electron chi connectivity index (χ2n) is 4.12. The van der Waals surface area contributed by atoms with Crippen LogP contribution in [0.3, 0.4) is 0 Å². The van der Waals surface area contributed by atoms with E-state index in [2.05, 4.69) is 21.4 Å². The molecule has 0 amide bonds. The molecule has 17 heavy (non-hydrogen) atoms. The van der Waals surface area contributed by atoms with E-state index >= 15 is 0 Å². The molecule has 6 heteroatoms. The number of carboxylic acid groups (broad SMARTS) is 1. The Balaban J connectivity index is 2.35. The van der Waals surface area contributed by atoms with Crippen LogP contribution in [0.15, 0.2) is 17.3 Å². The third-order valence-corrected chi connectivity index (χ3v) is 2.91. The highest BCUT2D eigenvalue weighted by Crippen LogP contribution is 2.21. The summed E-state index contributed by atoms with van der Waals surface area (Å²) in [6.07, 6.45) is 7.49. The van der Waals surface area contributed by atoms with Crippen LogP contribution in [-0.2, 0) is 4.79 Å². The predicted molar refractivity (Wildman–Crippen MR) is 64.5 cm³/mol. The minimum atomic E-state index is -0.797. The van der Waals surface area contributed by atoms with E-state index < -0.39 is 12.0 Å². The lowest BCUT2D eigenvalue weighted by atomic mass is 9.87. The Morgan fingerprint density at radius 3 is 3.06 bits per heavy atom. The average Bonchev–Trinajstić information content (AvgIpc) is 2.34. The summed E-state index contributed by atoms with van der Waals surface area (Å²) in [4.78, 5) is 13.8. The van der Waals surface area contributed by atoms with Gasteiger partial charge in [0.2, 0.25) is 0 Å². The molecule has 94 valence electrons. The Morgan fingerprint density at radius 1 is 1.65 bits per heavy atom. The van der Waals surface area contributed by atoms with Crippen LogP contribution in [0.4, 0.5) is 0 Å². The molecule has 0 aromatic rings. The summed E-state index contributed by atoms with van der Waals surface area (Å²) in [7, 11) is 0. The lowest BCUT2D eigenvalue weighted by Crippen LogP contribution is -2.43. The second-order valence-corrected chi connectivity index (χ2v) is 4.12. The Bertz CT molecular complexity index is 323. The number of carboxylic acids is 1. The molecule has 0 radical (unpaired) electrons. The number of allylic oxidation sites excluding steroid dienone is 2. The molecule has 0 fully saturated rings. The largest absolute Gasteiger partial charge is 0.480 e. The van der Waals surface area contributed by atoms with Gasteiger partial charge >= 0.3 is 5.97 Å². The van der Waals surface area contributed by atoms with Crippen molar-refractivity contribution in [2.45, 2.75) is 31.7 Å². The van der Waals surface area contributed by atoms with Crippen molar-refractivity contribution >= 4 is 5.97 Å². The first-order chi connectivity index (χ1) is 8.25. The molecule has 6 nitrogen and oxygen atoms in total. The van der Waals surface area contributed by atoms with Crippen molar-refractivity contribution in [3.05, 3.63) is 22.6 Å². The summed E-state index contributed by atoms with van der Waals surface area (Å²) in [6.45, 7) is 0.969. The quantitative estimate of drug-likeness (QED) is 0.233. The van der Waals surface area contributed by atoms with Crippen LogP contribution in [0.5, 0.6) is 0 Å². The van der Waals surface area contributed by atoms with Gasteiger partial charge in [-0.05, 0) is 43.7 Å². The van der Waals surface area contributed by atoms with Crippen molar-refractivity contribution in [1.29, 1.82) is 0 Å². The summed E-state index contributed by atoms with van der Waals surface area (Å²) in [5, 5.41) is 15.6. The van der Waals surface area contributed by atoms with E-state index in [-0.39, 0.29) is 5.92 Å². The fraction of sp³-hybridized carbons (Fsp3) is 0.727. The molecule has 2 unspecified atom stereocenters. The van der Waals surface area contributed by atoms with Gasteiger partial charge < -0.3 is 10.4 Å². The molecule has 0 saturated heterocycles. The highest BCUT2D eigenvalue weighted by Gasteiger charge is 2.27. The molecule has 0 saturated carbocycles. The van der Waals surface area contributed by atoms with Gasteiger partial charge in [0, 0.05) is 11.5 Å². The first-order valence-electron chi connectivity index (χ1n) is 5.87. The summed E-state index contributed by atoms with van der Waals surface area (Å²) in [5.74, 6) is -0.633. The van der Waals surface area contributed by atoms with E-state index in [4.69, 9.17) is 10.6 Å². The van der Waals surface area contributed by atoms with Crippen LogP contribution in [0, 0.1) is 5.92 Å². The second kappa shape index (κ2) is 7.70. The van der Waals surface area contributed by atoms with Crippen molar-refractivity contribution in [2.24, 2.45) is 11.0 Å². The zero-order valence-corrected chi connectivity index (χ0v) is 9.75. The van der Waals surface area contributed by atoms with Crippen LogP contribution >= 0.6 is 0 Å². The molecule has 0 bridgehead atoms. The predicted octanol–water partition coefficient (Wildman–Crippen LogP) is 2.09. The van der Waals surface area contributed by atoms with Crippen molar-refractivity contribution in [1.82, 2.24) is 5.32 Å². The van der Waals surface area contributed by atoms with Gasteiger partial charge in [-0.15, -0.1) is 0 Å². The van der Waals surface area contributed by atoms with Crippen molar-refractivity contribution < 1.29 is 9.90 Å². The highest BCUT2D eigenvalue weighted by molar-refractivity contribution is 5.73. The maximum atomic E-state index is 11.2. The molecule has 2 atom stereocenters. The van der Waals surface area contributed by atoms with Crippen LogP contribution in [0.1, 0.15) is 25.7 Å². The third-order valence-electron chi connectivity index (χ3n) is 2.91. The van der Waals surface area contributed by atoms with Crippen LogP contribution in [0.2, 0.25) is 0 Å². The molecule has 0 spiro atoms. The summed E-state index contributed by atoms with van der Waals surface area (Å²) < 4.78 is 0. The van der Waals surface area contributed by atoms with Gasteiger partial charge in [-0.25, -0.2) is 0 Å². The van der Waals surface area contributed by atoms with Gasteiger partial charge in [0.1, 0.15) is 6.04 Å². The molecule has 1 aliphatic carbocycles. The number of hydrogen-bond donors (Lipinski definition) is 2. The minimum absolute atomic E-state index is 0.164. The molecule has 0 aliphatic heterocycles. The van der Waals surface area contributed by atoms with Gasteiger partial charge in [0.25, 0.3) is 0 Å². The molecular formula is C11H18N4O2. The zero-order chi connectivity index (χ0) is 12.5. The maximum Gasteiger partial charge on any atom is 0.320 e. The van der Waals surface area contributed by atoms with E-state index in [0.717, 1.165) is 19.3 Å². The zero-order valence-electron chi connectivity index (χ0n) is 9.75. The summed E-state index contributed by atoms with van der Waals surface area (Å²) in [5.41, 5.74) is 8.10. The smallest absolute Gasteiger partial charge is 0.320 e. The lowest BCUT2D eigenvalue weighted by Gasteiger charge is -2.25. The lowest BCUT2D eigenvalue weighted by molar-refractivity contribution is -0.141. The molecule has 2 N–H and O–H groups in total. The van der Waals surface area contributed by atoms with E-state index in [1.807, 2.05) is 6.08 Å². The molecule has 1 rings (SSSR count). The first-order valence-corrected chi connectivity index (χ1v) is 5.87. The Kier molecular flexibility index (Phi) is 6.14. The van der Waals surface area contributed by atoms with Crippen molar-refractivity contribution in [2.75, 3.05) is 13.1 Å². The van der Waals surface area contributed by atoms with E-state index in [0.29, 0.717) is 19.5 Å². The van der Waals surface area contributed by atoms with E-state index in [9.17, 15) is 4.79 Å². The normalized spacial score (nSPS) is 20.6. The highest BCUT2D eigenvalue weighted by atomic mass is 16.4. The Labute approximate surface area is 100 Å². The summed E-state index contributed by atoms with van der Waals surface area (Å²) >= 11 is 0. The third kappa shape index (κ3) is 4.89. The molecule has 0 aromatic carbocycles. The fourth-order valence-electron chi connectivity index (χ4n) is 2.03. The number of rotatable bonds is 7. The molecule has 1 aliphatic rings. The maximum absolute atomic E-state index is 11.2. The van der Waals surface area contributed by atoms with Crippen LogP contribution in [0.25, 0.3) is 10.4 Å². The SMILES string of the molecule is [N-]=[N+]=NCCCNC(C(=O)O)C1CC=CCC1. The number of nitrogens with zero attached hydrogens (tertiary/aromatic N) is 3. The monoisotopic (exact) mass is 238 g/mol.